The number of ether oxygens (including phenoxy) is 2. The fraction of sp³-hybridized carbons (Fsp3) is 0.440. The summed E-state index contributed by atoms with van der Waals surface area (Å²) in [5.74, 6) is -3.05. The van der Waals surface area contributed by atoms with Gasteiger partial charge in [0, 0.05) is 24.2 Å². The molecule has 1 saturated heterocycles. The predicted octanol–water partition coefficient (Wildman–Crippen LogP) is 3.93. The molecule has 3 aliphatic rings. The summed E-state index contributed by atoms with van der Waals surface area (Å²) in [5.41, 5.74) is 1.19. The maximum atomic E-state index is 14.2. The molecule has 1 amide bonds. The molecule has 0 bridgehead atoms. The van der Waals surface area contributed by atoms with Crippen molar-refractivity contribution in [1.82, 2.24) is 10.2 Å². The van der Waals surface area contributed by atoms with E-state index < -0.39 is 29.1 Å². The summed E-state index contributed by atoms with van der Waals surface area (Å²) >= 11 is 6.45. The Labute approximate surface area is 201 Å². The topological polar surface area (TPSA) is 67.9 Å². The molecule has 6 nitrogen and oxygen atoms in total. The summed E-state index contributed by atoms with van der Waals surface area (Å²) in [6, 6.07) is 7.33. The molecule has 0 radical (unpaired) electrons. The summed E-state index contributed by atoms with van der Waals surface area (Å²) in [7, 11) is 1.30. The minimum absolute atomic E-state index is 0.0775. The number of rotatable bonds is 5. The van der Waals surface area contributed by atoms with Gasteiger partial charge in [0.25, 0.3) is 0 Å². The van der Waals surface area contributed by atoms with E-state index in [9.17, 15) is 18.4 Å². The van der Waals surface area contributed by atoms with Crippen LogP contribution in [0.2, 0.25) is 5.02 Å². The fourth-order valence-electron chi connectivity index (χ4n) is 5.10. The lowest BCUT2D eigenvalue weighted by molar-refractivity contribution is -0.157. The van der Waals surface area contributed by atoms with Gasteiger partial charge in [0.15, 0.2) is 11.6 Å². The van der Waals surface area contributed by atoms with Crippen molar-refractivity contribution in [3.63, 3.8) is 0 Å². The second-order valence-electron chi connectivity index (χ2n) is 9.10. The van der Waals surface area contributed by atoms with Gasteiger partial charge in [-0.15, -0.1) is 0 Å². The van der Waals surface area contributed by atoms with E-state index in [2.05, 4.69) is 5.32 Å². The lowest BCUT2D eigenvalue weighted by Gasteiger charge is -2.43. The number of piperidine rings is 1. The van der Waals surface area contributed by atoms with Crippen LogP contribution in [0.4, 0.5) is 8.78 Å². The number of hydrogen-bond acceptors (Lipinski definition) is 5. The molecule has 180 valence electrons. The standard InChI is InChI=1S/C25H25ClF2N2O4/c1-33-24(32)14-2-3-15(20(26)8-14)12-30(17-4-5-17)23(31)19-11-29-7-6-25(19)18-10-22(28)21(27)9-16(18)13-34-25/h2-3,8-10,17,19,29H,4-7,11-13H2,1H3/t19-,25+/m1/s1. The van der Waals surface area contributed by atoms with E-state index in [-0.39, 0.29) is 25.1 Å². The molecule has 5 rings (SSSR count). The van der Waals surface area contributed by atoms with E-state index in [1.807, 2.05) is 0 Å². The molecule has 1 saturated carbocycles. The van der Waals surface area contributed by atoms with Crippen LogP contribution in [-0.2, 0) is 33.0 Å². The molecular formula is C25H25ClF2N2O4. The Bertz CT molecular complexity index is 1160. The quantitative estimate of drug-likeness (QED) is 0.643. The SMILES string of the molecule is COC(=O)c1ccc(CN(C(=O)[C@H]2CNCC[C@@]23OCc2cc(F)c(F)cc23)C2CC2)c(Cl)c1. The van der Waals surface area contributed by atoms with Gasteiger partial charge >= 0.3 is 5.97 Å². The molecule has 2 aromatic rings. The van der Waals surface area contributed by atoms with Crippen molar-refractivity contribution in [2.75, 3.05) is 20.2 Å². The van der Waals surface area contributed by atoms with Gasteiger partial charge in [-0.3, -0.25) is 4.79 Å². The summed E-state index contributed by atoms with van der Waals surface area (Å²) in [6.45, 7) is 1.39. The average Bonchev–Trinajstić information content (AvgIpc) is 3.63. The van der Waals surface area contributed by atoms with Crippen molar-refractivity contribution in [3.05, 3.63) is 69.2 Å². The largest absolute Gasteiger partial charge is 0.465 e. The molecule has 1 spiro atoms. The Hall–Kier alpha value is -2.55. The molecule has 2 heterocycles. The summed E-state index contributed by atoms with van der Waals surface area (Å²) in [5, 5.41) is 3.64. The lowest BCUT2D eigenvalue weighted by atomic mass is 9.75. The van der Waals surface area contributed by atoms with Crippen LogP contribution < -0.4 is 5.32 Å². The maximum Gasteiger partial charge on any atom is 0.337 e. The van der Waals surface area contributed by atoms with Gasteiger partial charge in [0.2, 0.25) is 5.91 Å². The van der Waals surface area contributed by atoms with Gasteiger partial charge in [-0.05, 0) is 66.8 Å². The Morgan fingerprint density at radius 1 is 1.24 bits per heavy atom. The third-order valence-corrected chi connectivity index (χ3v) is 7.41. The monoisotopic (exact) mass is 490 g/mol. The molecule has 2 atom stereocenters. The van der Waals surface area contributed by atoms with E-state index in [0.29, 0.717) is 46.8 Å². The number of esters is 1. The number of methoxy groups -OCH3 is 1. The van der Waals surface area contributed by atoms with E-state index in [0.717, 1.165) is 12.8 Å². The molecule has 9 heteroatoms. The number of amides is 1. The van der Waals surface area contributed by atoms with E-state index in [1.54, 1.807) is 17.0 Å². The molecule has 1 N–H and O–H groups in total. The van der Waals surface area contributed by atoms with Gasteiger partial charge in [0.1, 0.15) is 5.60 Å². The van der Waals surface area contributed by atoms with Crippen molar-refractivity contribution in [1.29, 1.82) is 0 Å². The highest BCUT2D eigenvalue weighted by atomic mass is 35.5. The smallest absolute Gasteiger partial charge is 0.337 e. The fourth-order valence-corrected chi connectivity index (χ4v) is 5.34. The highest BCUT2D eigenvalue weighted by Crippen LogP contribution is 2.48. The Morgan fingerprint density at radius 3 is 2.71 bits per heavy atom. The van der Waals surface area contributed by atoms with Gasteiger partial charge < -0.3 is 19.7 Å². The van der Waals surface area contributed by atoms with Gasteiger partial charge in [0.05, 0.1) is 25.2 Å². The lowest BCUT2D eigenvalue weighted by Crippen LogP contribution is -2.55. The molecule has 2 fully saturated rings. The molecule has 0 unspecified atom stereocenters. The molecule has 2 aromatic carbocycles. The number of carbonyl (C=O) groups is 2. The van der Waals surface area contributed by atoms with Gasteiger partial charge in [-0.1, -0.05) is 17.7 Å². The van der Waals surface area contributed by atoms with Crippen molar-refractivity contribution < 1.29 is 27.8 Å². The number of halogens is 3. The van der Waals surface area contributed by atoms with Crippen LogP contribution in [0.3, 0.4) is 0 Å². The Balaban J connectivity index is 1.45. The Morgan fingerprint density at radius 2 is 2.00 bits per heavy atom. The average molecular weight is 491 g/mol. The minimum atomic E-state index is -1.00. The zero-order chi connectivity index (χ0) is 24.0. The normalized spacial score (nSPS) is 23.6. The number of carbonyl (C=O) groups excluding carboxylic acids is 2. The summed E-state index contributed by atoms with van der Waals surface area (Å²) in [6.07, 6.45) is 2.25. The van der Waals surface area contributed by atoms with Crippen molar-refractivity contribution in [2.24, 2.45) is 5.92 Å². The predicted molar refractivity (Wildman–Crippen MR) is 120 cm³/mol. The third kappa shape index (κ3) is 3.97. The number of fused-ring (bicyclic) bond motifs is 2. The van der Waals surface area contributed by atoms with E-state index in [1.165, 1.54) is 25.3 Å². The highest BCUT2D eigenvalue weighted by molar-refractivity contribution is 6.31. The van der Waals surface area contributed by atoms with Crippen LogP contribution in [0.1, 0.15) is 46.3 Å². The van der Waals surface area contributed by atoms with Crippen LogP contribution in [0.25, 0.3) is 0 Å². The zero-order valence-electron chi connectivity index (χ0n) is 18.7. The number of hydrogen-bond donors (Lipinski definition) is 1. The van der Waals surface area contributed by atoms with Crippen LogP contribution in [0.5, 0.6) is 0 Å². The van der Waals surface area contributed by atoms with Gasteiger partial charge in [-0.2, -0.15) is 0 Å². The number of benzene rings is 2. The molecule has 2 aliphatic heterocycles. The zero-order valence-corrected chi connectivity index (χ0v) is 19.5. The molecule has 0 aromatic heterocycles. The molecule has 1 aliphatic carbocycles. The van der Waals surface area contributed by atoms with Gasteiger partial charge in [-0.25, -0.2) is 13.6 Å². The highest BCUT2D eigenvalue weighted by Gasteiger charge is 2.53. The first kappa shape index (κ1) is 23.2. The molecular weight excluding hydrogens is 466 g/mol. The van der Waals surface area contributed by atoms with Crippen LogP contribution in [0.15, 0.2) is 30.3 Å². The Kier molecular flexibility index (Phi) is 6.08. The van der Waals surface area contributed by atoms with Crippen molar-refractivity contribution in [3.8, 4) is 0 Å². The summed E-state index contributed by atoms with van der Waals surface area (Å²) < 4.78 is 39.0. The first-order chi connectivity index (χ1) is 16.3. The van der Waals surface area contributed by atoms with Crippen LogP contribution in [-0.4, -0.2) is 43.0 Å². The van der Waals surface area contributed by atoms with E-state index >= 15 is 0 Å². The maximum absolute atomic E-state index is 14.2. The minimum Gasteiger partial charge on any atom is -0.465 e. The number of nitrogens with one attached hydrogen (secondary N) is 1. The first-order valence-electron chi connectivity index (χ1n) is 11.3. The third-order valence-electron chi connectivity index (χ3n) is 7.06. The number of nitrogens with zero attached hydrogens (tertiary/aromatic N) is 1. The van der Waals surface area contributed by atoms with Crippen LogP contribution >= 0.6 is 11.6 Å². The van der Waals surface area contributed by atoms with E-state index in [4.69, 9.17) is 21.1 Å². The van der Waals surface area contributed by atoms with Crippen molar-refractivity contribution in [2.45, 2.75) is 44.1 Å². The second-order valence-corrected chi connectivity index (χ2v) is 9.51. The summed E-state index contributed by atoms with van der Waals surface area (Å²) in [4.78, 5) is 27.6. The molecule has 34 heavy (non-hydrogen) atoms. The van der Waals surface area contributed by atoms with Crippen LogP contribution in [0, 0.1) is 17.6 Å². The second kappa shape index (κ2) is 8.91. The van der Waals surface area contributed by atoms with Crippen molar-refractivity contribution >= 4 is 23.5 Å². The first-order valence-corrected chi connectivity index (χ1v) is 11.7.